The van der Waals surface area contributed by atoms with Crippen LogP contribution in [-0.2, 0) is 19.6 Å². The molecule has 1 aliphatic heterocycles. The van der Waals surface area contributed by atoms with E-state index in [4.69, 9.17) is 0 Å². The zero-order valence-electron chi connectivity index (χ0n) is 11.7. The van der Waals surface area contributed by atoms with Crippen LogP contribution in [0.3, 0.4) is 0 Å². The molecule has 1 aromatic carbocycles. The summed E-state index contributed by atoms with van der Waals surface area (Å²) in [4.78, 5) is 11.5. The van der Waals surface area contributed by atoms with Crippen LogP contribution in [0.5, 0.6) is 0 Å². The summed E-state index contributed by atoms with van der Waals surface area (Å²) >= 11 is 0. The van der Waals surface area contributed by atoms with Gasteiger partial charge < -0.3 is 10.1 Å². The van der Waals surface area contributed by atoms with Crippen molar-refractivity contribution >= 4 is 16.0 Å². The van der Waals surface area contributed by atoms with E-state index in [-0.39, 0.29) is 4.90 Å². The predicted molar refractivity (Wildman–Crippen MR) is 77.7 cm³/mol. The number of nitrogens with one attached hydrogen (secondary N) is 2. The monoisotopic (exact) mass is 308 g/mol. The minimum absolute atomic E-state index is 0.225. The summed E-state index contributed by atoms with van der Waals surface area (Å²) in [6.45, 7) is 1.73. The molecule has 1 heterocycles. The molecule has 1 atom stereocenters. The van der Waals surface area contributed by atoms with Crippen molar-refractivity contribution in [2.24, 2.45) is 0 Å². The standard InChI is InChI=1S/C14H16N2O4S/c1-10-5-3-4-6-12(10)21(18,19)16-13-8-7-11(9-15-13)14(17)20-2/h3-9,13,15-16H,1-2H3. The number of sulfonamides is 1. The Morgan fingerprint density at radius 1 is 1.33 bits per heavy atom. The molecule has 1 unspecified atom stereocenters. The first-order valence-electron chi connectivity index (χ1n) is 6.25. The Morgan fingerprint density at radius 3 is 2.62 bits per heavy atom. The minimum Gasteiger partial charge on any atom is -0.465 e. The van der Waals surface area contributed by atoms with Crippen LogP contribution in [0.15, 0.2) is 53.1 Å². The topological polar surface area (TPSA) is 84.5 Å². The Hall–Kier alpha value is -2.12. The number of carbonyl (C=O) groups is 1. The van der Waals surface area contributed by atoms with E-state index in [1.165, 1.54) is 19.4 Å². The normalized spacial score (nSPS) is 17.8. The maximum atomic E-state index is 12.3. The summed E-state index contributed by atoms with van der Waals surface area (Å²) in [6, 6.07) is 6.72. The van der Waals surface area contributed by atoms with Gasteiger partial charge in [-0.2, -0.15) is 4.72 Å². The number of benzene rings is 1. The molecule has 6 nitrogen and oxygen atoms in total. The number of hydrogen-bond donors (Lipinski definition) is 2. The summed E-state index contributed by atoms with van der Waals surface area (Å²) in [7, 11) is -2.36. The van der Waals surface area contributed by atoms with Gasteiger partial charge in [0.1, 0.15) is 6.17 Å². The van der Waals surface area contributed by atoms with Crippen molar-refractivity contribution in [3.05, 3.63) is 53.8 Å². The lowest BCUT2D eigenvalue weighted by Crippen LogP contribution is -2.43. The molecule has 7 heteroatoms. The molecule has 0 aromatic heterocycles. The van der Waals surface area contributed by atoms with E-state index in [2.05, 4.69) is 14.8 Å². The molecule has 2 rings (SSSR count). The van der Waals surface area contributed by atoms with Gasteiger partial charge in [0, 0.05) is 6.20 Å². The summed E-state index contributed by atoms with van der Waals surface area (Å²) in [5, 5.41) is 2.79. The van der Waals surface area contributed by atoms with E-state index >= 15 is 0 Å². The molecule has 112 valence electrons. The maximum Gasteiger partial charge on any atom is 0.339 e. The largest absolute Gasteiger partial charge is 0.465 e. The van der Waals surface area contributed by atoms with Gasteiger partial charge >= 0.3 is 5.97 Å². The predicted octanol–water partition coefficient (Wildman–Crippen LogP) is 0.816. The lowest BCUT2D eigenvalue weighted by molar-refractivity contribution is -0.135. The van der Waals surface area contributed by atoms with Crippen molar-refractivity contribution in [2.45, 2.75) is 18.0 Å². The first-order valence-corrected chi connectivity index (χ1v) is 7.73. The second-order valence-corrected chi connectivity index (χ2v) is 6.16. The van der Waals surface area contributed by atoms with Crippen LogP contribution in [0.1, 0.15) is 5.56 Å². The minimum atomic E-state index is -3.64. The van der Waals surface area contributed by atoms with E-state index in [0.717, 1.165) is 0 Å². The fourth-order valence-corrected chi connectivity index (χ4v) is 3.25. The molecule has 2 N–H and O–H groups in total. The maximum absolute atomic E-state index is 12.3. The molecule has 1 aliphatic rings. The number of hydrogen-bond acceptors (Lipinski definition) is 5. The third-order valence-electron chi connectivity index (χ3n) is 2.97. The Bertz CT molecular complexity index is 707. The zero-order chi connectivity index (χ0) is 15.5. The fraction of sp³-hybridized carbons (Fsp3) is 0.214. The van der Waals surface area contributed by atoms with Gasteiger partial charge in [-0.1, -0.05) is 18.2 Å². The first kappa shape index (κ1) is 15.3. The number of methoxy groups -OCH3 is 1. The highest BCUT2D eigenvalue weighted by Gasteiger charge is 2.21. The molecule has 0 saturated heterocycles. The van der Waals surface area contributed by atoms with Gasteiger partial charge in [0.25, 0.3) is 0 Å². The molecule has 1 aromatic rings. The average molecular weight is 308 g/mol. The van der Waals surface area contributed by atoms with Gasteiger partial charge in [0.15, 0.2) is 0 Å². The molecular weight excluding hydrogens is 292 g/mol. The number of carbonyl (C=O) groups excluding carboxylic acids is 1. The van der Waals surface area contributed by atoms with Crippen molar-refractivity contribution in [1.29, 1.82) is 0 Å². The Kier molecular flexibility index (Phi) is 4.44. The van der Waals surface area contributed by atoms with Crippen molar-refractivity contribution < 1.29 is 17.9 Å². The number of esters is 1. The van der Waals surface area contributed by atoms with Crippen LogP contribution in [0.2, 0.25) is 0 Å². The average Bonchev–Trinajstić information content (AvgIpc) is 2.47. The van der Waals surface area contributed by atoms with Crippen LogP contribution < -0.4 is 10.0 Å². The second kappa shape index (κ2) is 6.11. The van der Waals surface area contributed by atoms with Gasteiger partial charge in [-0.3, -0.25) is 0 Å². The van der Waals surface area contributed by atoms with Crippen LogP contribution in [0.4, 0.5) is 0 Å². The Labute approximate surface area is 123 Å². The fourth-order valence-electron chi connectivity index (χ4n) is 1.89. The van der Waals surface area contributed by atoms with E-state index in [1.807, 2.05) is 0 Å². The van der Waals surface area contributed by atoms with E-state index in [1.54, 1.807) is 37.3 Å². The Balaban J connectivity index is 2.11. The van der Waals surface area contributed by atoms with Crippen LogP contribution in [0, 0.1) is 6.92 Å². The smallest absolute Gasteiger partial charge is 0.339 e. The van der Waals surface area contributed by atoms with E-state index in [0.29, 0.717) is 11.1 Å². The molecule has 0 fully saturated rings. The van der Waals surface area contributed by atoms with Crippen molar-refractivity contribution in [1.82, 2.24) is 10.0 Å². The van der Waals surface area contributed by atoms with Crippen LogP contribution in [0.25, 0.3) is 0 Å². The second-order valence-electron chi connectivity index (χ2n) is 4.48. The summed E-state index contributed by atoms with van der Waals surface area (Å²) in [5.41, 5.74) is 0.986. The number of aryl methyl sites for hydroxylation is 1. The summed E-state index contributed by atoms with van der Waals surface area (Å²) in [6.07, 6.45) is 3.84. The third kappa shape index (κ3) is 3.50. The molecular formula is C14H16N2O4S. The highest BCUT2D eigenvalue weighted by atomic mass is 32.2. The highest BCUT2D eigenvalue weighted by molar-refractivity contribution is 7.89. The van der Waals surface area contributed by atoms with Gasteiger partial charge in [0.05, 0.1) is 17.6 Å². The van der Waals surface area contributed by atoms with E-state index < -0.39 is 22.2 Å². The molecule has 0 amide bonds. The highest BCUT2D eigenvalue weighted by Crippen LogP contribution is 2.15. The van der Waals surface area contributed by atoms with Crippen molar-refractivity contribution in [2.75, 3.05) is 7.11 Å². The summed E-state index contributed by atoms with van der Waals surface area (Å²) < 4.78 is 31.7. The lowest BCUT2D eigenvalue weighted by Gasteiger charge is -2.20. The Morgan fingerprint density at radius 2 is 2.05 bits per heavy atom. The zero-order valence-corrected chi connectivity index (χ0v) is 12.5. The first-order chi connectivity index (χ1) is 9.94. The molecule has 0 saturated carbocycles. The molecule has 21 heavy (non-hydrogen) atoms. The van der Waals surface area contributed by atoms with Crippen LogP contribution in [-0.4, -0.2) is 27.7 Å². The molecule has 0 spiro atoms. The van der Waals surface area contributed by atoms with Crippen LogP contribution >= 0.6 is 0 Å². The lowest BCUT2D eigenvalue weighted by atomic mass is 10.2. The number of ether oxygens (including phenoxy) is 1. The van der Waals surface area contributed by atoms with Gasteiger partial charge in [-0.25, -0.2) is 13.2 Å². The third-order valence-corrected chi connectivity index (χ3v) is 4.57. The summed E-state index contributed by atoms with van der Waals surface area (Å²) in [5.74, 6) is -0.487. The molecule has 0 bridgehead atoms. The van der Waals surface area contributed by atoms with E-state index in [9.17, 15) is 13.2 Å². The number of rotatable bonds is 4. The van der Waals surface area contributed by atoms with Gasteiger partial charge in [-0.15, -0.1) is 0 Å². The van der Waals surface area contributed by atoms with Crippen molar-refractivity contribution in [3.63, 3.8) is 0 Å². The molecule has 0 radical (unpaired) electrons. The van der Waals surface area contributed by atoms with Crippen molar-refractivity contribution in [3.8, 4) is 0 Å². The quantitative estimate of drug-likeness (QED) is 0.804. The molecule has 0 aliphatic carbocycles. The SMILES string of the molecule is COC(=O)C1=CNC(NS(=O)(=O)c2ccccc2C)C=C1. The van der Waals surface area contributed by atoms with Gasteiger partial charge in [0.2, 0.25) is 10.0 Å². The number of dihydropyridines is 1. The van der Waals surface area contributed by atoms with Gasteiger partial charge in [-0.05, 0) is 30.7 Å².